The molecule has 3 amide bonds. The van der Waals surface area contributed by atoms with Crippen molar-refractivity contribution in [2.45, 2.75) is 62.7 Å². The molecule has 0 aromatic heterocycles. The van der Waals surface area contributed by atoms with E-state index >= 15 is 0 Å². The molecular weight excluding hydrogens is 442 g/mol. The summed E-state index contributed by atoms with van der Waals surface area (Å²) in [5, 5.41) is 20.1. The number of hydrogen-bond donors (Lipinski definition) is 7. The maximum absolute atomic E-state index is 13.0. The smallest absolute Gasteiger partial charge is 0.327 e. The third-order valence-corrected chi connectivity index (χ3v) is 6.01. The first-order chi connectivity index (χ1) is 14.8. The number of amides is 3. The van der Waals surface area contributed by atoms with Crippen LogP contribution in [-0.2, 0) is 19.2 Å². The Kier molecular flexibility index (Phi) is 13.6. The summed E-state index contributed by atoms with van der Waals surface area (Å²) in [6, 6.07) is -3.20. The van der Waals surface area contributed by atoms with Gasteiger partial charge in [0.05, 0.1) is 6.04 Å². The molecule has 4 atom stereocenters. The number of carboxylic acids is 1. The summed E-state index contributed by atoms with van der Waals surface area (Å²) in [5.74, 6) is -1.98. The minimum absolute atomic E-state index is 0.0730. The van der Waals surface area contributed by atoms with E-state index in [9.17, 15) is 19.2 Å². The Hall–Kier alpha value is -1.50. The van der Waals surface area contributed by atoms with Crippen molar-refractivity contribution in [3.8, 4) is 0 Å². The SMILES string of the molecule is CSCCC(NC(=O)C(CCCCN)NC(=O)C1CCCN1)C(=O)NC(CS)C(=O)O. The molecule has 0 radical (unpaired) electrons. The highest BCUT2D eigenvalue weighted by Crippen LogP contribution is 2.09. The number of nitrogens with two attached hydrogens (primary N) is 1. The molecule has 0 aliphatic carbocycles. The Balaban J connectivity index is 2.84. The first kappa shape index (κ1) is 27.5. The predicted molar refractivity (Wildman–Crippen MR) is 124 cm³/mol. The van der Waals surface area contributed by atoms with E-state index in [1.165, 1.54) is 11.8 Å². The Morgan fingerprint density at radius 3 is 2.26 bits per heavy atom. The van der Waals surface area contributed by atoms with E-state index < -0.39 is 35.9 Å². The molecule has 1 fully saturated rings. The molecule has 4 unspecified atom stereocenters. The fourth-order valence-corrected chi connectivity index (χ4v) is 3.90. The van der Waals surface area contributed by atoms with Gasteiger partial charge in [-0.1, -0.05) is 0 Å². The summed E-state index contributed by atoms with van der Waals surface area (Å²) >= 11 is 5.45. The van der Waals surface area contributed by atoms with E-state index in [4.69, 9.17) is 10.8 Å². The van der Waals surface area contributed by atoms with E-state index in [0.717, 1.165) is 13.0 Å². The summed E-state index contributed by atoms with van der Waals surface area (Å²) in [4.78, 5) is 49.3. The van der Waals surface area contributed by atoms with Crippen molar-refractivity contribution in [2.75, 3.05) is 30.9 Å². The molecule has 1 aliphatic rings. The fraction of sp³-hybridized carbons (Fsp3) is 0.789. The Morgan fingerprint density at radius 1 is 1.10 bits per heavy atom. The van der Waals surface area contributed by atoms with Crippen molar-refractivity contribution >= 4 is 48.1 Å². The number of nitrogens with one attached hydrogen (secondary N) is 4. The highest BCUT2D eigenvalue weighted by atomic mass is 32.2. The predicted octanol–water partition coefficient (Wildman–Crippen LogP) is -0.911. The minimum Gasteiger partial charge on any atom is -0.480 e. The summed E-state index contributed by atoms with van der Waals surface area (Å²) in [6.45, 7) is 1.24. The number of aliphatic carboxylic acids is 1. The van der Waals surface area contributed by atoms with Crippen LogP contribution < -0.4 is 27.0 Å². The molecule has 178 valence electrons. The fourth-order valence-electron chi connectivity index (χ4n) is 3.18. The number of rotatable bonds is 15. The van der Waals surface area contributed by atoms with E-state index in [-0.39, 0.29) is 17.7 Å². The number of carbonyl (C=O) groups excluding carboxylic acids is 3. The topological polar surface area (TPSA) is 163 Å². The van der Waals surface area contributed by atoms with Crippen LogP contribution >= 0.6 is 24.4 Å². The van der Waals surface area contributed by atoms with Crippen LogP contribution in [0, 0.1) is 0 Å². The normalized spacial score (nSPS) is 18.6. The van der Waals surface area contributed by atoms with Gasteiger partial charge in [-0.25, -0.2) is 4.79 Å². The van der Waals surface area contributed by atoms with E-state index in [1.807, 2.05) is 6.26 Å². The maximum Gasteiger partial charge on any atom is 0.327 e. The average Bonchev–Trinajstić information content (AvgIpc) is 3.28. The lowest BCUT2D eigenvalue weighted by atomic mass is 10.1. The number of unbranched alkanes of at least 4 members (excludes halogenated alkanes) is 1. The van der Waals surface area contributed by atoms with Gasteiger partial charge in [-0.2, -0.15) is 24.4 Å². The molecule has 0 aromatic rings. The van der Waals surface area contributed by atoms with Gasteiger partial charge in [0.1, 0.15) is 18.1 Å². The largest absolute Gasteiger partial charge is 0.480 e. The average molecular weight is 478 g/mol. The van der Waals surface area contributed by atoms with Gasteiger partial charge in [-0.15, -0.1) is 0 Å². The second-order valence-electron chi connectivity index (χ2n) is 7.42. The molecule has 1 rings (SSSR count). The molecule has 31 heavy (non-hydrogen) atoms. The zero-order chi connectivity index (χ0) is 23.2. The lowest BCUT2D eigenvalue weighted by Gasteiger charge is -2.25. The standard InChI is InChI=1S/C19H35N5O5S2/c1-31-10-7-14(18(27)24-15(11-30)19(28)29)23-17(26)13(5-2-3-8-20)22-16(25)12-6-4-9-21-12/h12-15,21,30H,2-11,20H2,1H3,(H,22,25)(H,23,26)(H,24,27)(H,28,29). The summed E-state index contributed by atoms with van der Waals surface area (Å²) in [7, 11) is 0. The Bertz CT molecular complexity index is 604. The quantitative estimate of drug-likeness (QED) is 0.118. The number of thiol groups is 1. The molecule has 0 saturated carbocycles. The second-order valence-corrected chi connectivity index (χ2v) is 8.77. The first-order valence-electron chi connectivity index (χ1n) is 10.5. The number of carbonyl (C=O) groups is 4. The molecule has 10 nitrogen and oxygen atoms in total. The molecule has 1 heterocycles. The van der Waals surface area contributed by atoms with Crippen molar-refractivity contribution < 1.29 is 24.3 Å². The van der Waals surface area contributed by atoms with E-state index in [0.29, 0.717) is 44.4 Å². The lowest BCUT2D eigenvalue weighted by Crippen LogP contribution is -2.57. The van der Waals surface area contributed by atoms with Crippen molar-refractivity contribution in [3.05, 3.63) is 0 Å². The van der Waals surface area contributed by atoms with Crippen molar-refractivity contribution in [2.24, 2.45) is 5.73 Å². The third-order valence-electron chi connectivity index (χ3n) is 5.00. The van der Waals surface area contributed by atoms with Gasteiger partial charge in [-0.3, -0.25) is 14.4 Å². The van der Waals surface area contributed by atoms with Gasteiger partial charge in [0.2, 0.25) is 17.7 Å². The highest BCUT2D eigenvalue weighted by Gasteiger charge is 2.30. The number of carboxylic acid groups (broad SMARTS) is 1. The highest BCUT2D eigenvalue weighted by molar-refractivity contribution is 7.98. The van der Waals surface area contributed by atoms with Crippen molar-refractivity contribution in [1.29, 1.82) is 0 Å². The van der Waals surface area contributed by atoms with Crippen LogP contribution in [-0.4, -0.2) is 83.8 Å². The van der Waals surface area contributed by atoms with Crippen LogP contribution in [0.4, 0.5) is 0 Å². The number of thioether (sulfide) groups is 1. The van der Waals surface area contributed by atoms with Crippen LogP contribution in [0.1, 0.15) is 38.5 Å². The van der Waals surface area contributed by atoms with Gasteiger partial charge in [0.15, 0.2) is 0 Å². The molecule has 0 aromatic carbocycles. The Labute approximate surface area is 193 Å². The zero-order valence-corrected chi connectivity index (χ0v) is 19.6. The van der Waals surface area contributed by atoms with E-state index in [2.05, 4.69) is 33.9 Å². The molecule has 0 spiro atoms. The molecular formula is C19H35N5O5S2. The molecule has 1 saturated heterocycles. The zero-order valence-electron chi connectivity index (χ0n) is 17.9. The molecule has 0 bridgehead atoms. The van der Waals surface area contributed by atoms with Gasteiger partial charge in [-0.05, 0) is 63.6 Å². The summed E-state index contributed by atoms with van der Waals surface area (Å²) < 4.78 is 0. The van der Waals surface area contributed by atoms with Crippen molar-refractivity contribution in [1.82, 2.24) is 21.3 Å². The van der Waals surface area contributed by atoms with Gasteiger partial charge < -0.3 is 32.1 Å². The first-order valence-corrected chi connectivity index (χ1v) is 12.5. The molecule has 12 heteroatoms. The number of hydrogen-bond acceptors (Lipinski definition) is 8. The Morgan fingerprint density at radius 2 is 1.74 bits per heavy atom. The monoisotopic (exact) mass is 477 g/mol. The van der Waals surface area contributed by atoms with Crippen LogP contribution in [0.3, 0.4) is 0 Å². The van der Waals surface area contributed by atoms with Crippen LogP contribution in [0.5, 0.6) is 0 Å². The van der Waals surface area contributed by atoms with Gasteiger partial charge >= 0.3 is 5.97 Å². The minimum atomic E-state index is -1.20. The summed E-state index contributed by atoms with van der Waals surface area (Å²) in [5.41, 5.74) is 5.54. The maximum atomic E-state index is 13.0. The van der Waals surface area contributed by atoms with Crippen LogP contribution in [0.2, 0.25) is 0 Å². The molecule has 7 N–H and O–H groups in total. The third kappa shape index (κ3) is 10.1. The molecule has 1 aliphatic heterocycles. The van der Waals surface area contributed by atoms with Crippen LogP contribution in [0.25, 0.3) is 0 Å². The van der Waals surface area contributed by atoms with Gasteiger partial charge in [0, 0.05) is 5.75 Å². The van der Waals surface area contributed by atoms with Crippen molar-refractivity contribution in [3.63, 3.8) is 0 Å². The van der Waals surface area contributed by atoms with Crippen LogP contribution in [0.15, 0.2) is 0 Å². The van der Waals surface area contributed by atoms with E-state index in [1.54, 1.807) is 0 Å². The lowest BCUT2D eigenvalue weighted by molar-refractivity contribution is -0.141. The summed E-state index contributed by atoms with van der Waals surface area (Å²) in [6.07, 6.45) is 5.55. The van der Waals surface area contributed by atoms with Gasteiger partial charge in [0.25, 0.3) is 0 Å². The second kappa shape index (κ2) is 15.3.